The molecule has 2 aromatic carbocycles. The van der Waals surface area contributed by atoms with Crippen molar-refractivity contribution < 1.29 is 0 Å². The third-order valence-electron chi connectivity index (χ3n) is 5.91. The van der Waals surface area contributed by atoms with Crippen LogP contribution in [0.1, 0.15) is 48.7 Å². The topological polar surface area (TPSA) is 50.5 Å². The highest BCUT2D eigenvalue weighted by molar-refractivity contribution is 9.10. The van der Waals surface area contributed by atoms with Gasteiger partial charge in [0, 0.05) is 29.7 Å². The lowest BCUT2D eigenvalue weighted by Gasteiger charge is -2.22. The van der Waals surface area contributed by atoms with E-state index in [1.54, 1.807) is 6.21 Å². The van der Waals surface area contributed by atoms with E-state index in [0.717, 1.165) is 29.5 Å². The van der Waals surface area contributed by atoms with Gasteiger partial charge in [0.2, 0.25) is 0 Å². The van der Waals surface area contributed by atoms with Crippen LogP contribution in [0.2, 0.25) is 0 Å². The Morgan fingerprint density at radius 1 is 1.13 bits per heavy atom. The Morgan fingerprint density at radius 2 is 1.90 bits per heavy atom. The van der Waals surface area contributed by atoms with Gasteiger partial charge in [0.25, 0.3) is 5.56 Å². The zero-order valence-electron chi connectivity index (χ0n) is 17.8. The zero-order valence-corrected chi connectivity index (χ0v) is 19.4. The van der Waals surface area contributed by atoms with Crippen LogP contribution in [0.25, 0.3) is 10.9 Å². The Labute approximate surface area is 185 Å². The predicted molar refractivity (Wildman–Crippen MR) is 128 cm³/mol. The third kappa shape index (κ3) is 3.93. The lowest BCUT2D eigenvalue weighted by atomic mass is 10.0. The molecule has 0 spiro atoms. The molecule has 0 unspecified atom stereocenters. The second-order valence-corrected chi connectivity index (χ2v) is 8.83. The molecular weight excluding hydrogens is 440 g/mol. The molecule has 1 aliphatic heterocycles. The van der Waals surface area contributed by atoms with Crippen LogP contribution in [0.5, 0.6) is 0 Å². The number of anilines is 1. The Kier molecular flexibility index (Phi) is 6.04. The van der Waals surface area contributed by atoms with Crippen molar-refractivity contribution >= 4 is 38.7 Å². The number of aromatic nitrogens is 2. The van der Waals surface area contributed by atoms with Gasteiger partial charge in [-0.05, 0) is 74.1 Å². The van der Waals surface area contributed by atoms with Gasteiger partial charge in [-0.1, -0.05) is 28.9 Å². The van der Waals surface area contributed by atoms with Crippen molar-refractivity contribution in [1.82, 2.24) is 9.66 Å². The van der Waals surface area contributed by atoms with E-state index in [1.165, 1.54) is 34.3 Å². The first-order valence-electron chi connectivity index (χ1n) is 10.6. The summed E-state index contributed by atoms with van der Waals surface area (Å²) in [6, 6.07) is 9.88. The van der Waals surface area contributed by atoms with Crippen molar-refractivity contribution in [2.45, 2.75) is 46.5 Å². The Morgan fingerprint density at radius 3 is 2.63 bits per heavy atom. The van der Waals surface area contributed by atoms with Crippen molar-refractivity contribution in [3.05, 3.63) is 67.7 Å². The maximum absolute atomic E-state index is 13.2. The second kappa shape index (κ2) is 8.72. The van der Waals surface area contributed by atoms with Crippen LogP contribution >= 0.6 is 15.9 Å². The molecule has 0 atom stereocenters. The van der Waals surface area contributed by atoms with E-state index in [4.69, 9.17) is 4.98 Å². The van der Waals surface area contributed by atoms with Gasteiger partial charge in [-0.3, -0.25) is 4.79 Å². The van der Waals surface area contributed by atoms with Crippen LogP contribution in [0, 0.1) is 13.8 Å². The molecule has 6 heteroatoms. The van der Waals surface area contributed by atoms with E-state index < -0.39 is 0 Å². The Hall–Kier alpha value is -2.47. The van der Waals surface area contributed by atoms with E-state index in [2.05, 4.69) is 58.8 Å². The predicted octanol–water partition coefficient (Wildman–Crippen LogP) is 5.21. The van der Waals surface area contributed by atoms with Gasteiger partial charge < -0.3 is 4.90 Å². The summed E-state index contributed by atoms with van der Waals surface area (Å²) in [6.07, 6.45) is 5.91. The smallest absolute Gasteiger partial charge is 0.282 e. The average molecular weight is 467 g/mol. The van der Waals surface area contributed by atoms with Gasteiger partial charge >= 0.3 is 0 Å². The zero-order chi connectivity index (χ0) is 21.3. The molecule has 0 radical (unpaired) electrons. The van der Waals surface area contributed by atoms with E-state index in [1.807, 2.05) is 18.2 Å². The second-order valence-electron chi connectivity index (χ2n) is 7.92. The van der Waals surface area contributed by atoms with Gasteiger partial charge in [-0.2, -0.15) is 9.78 Å². The largest absolute Gasteiger partial charge is 0.371 e. The molecule has 0 aliphatic carbocycles. The fourth-order valence-corrected chi connectivity index (χ4v) is 4.45. The van der Waals surface area contributed by atoms with E-state index >= 15 is 0 Å². The van der Waals surface area contributed by atoms with Crippen LogP contribution in [0.3, 0.4) is 0 Å². The average Bonchev–Trinajstić information content (AvgIpc) is 3.26. The fourth-order valence-electron chi connectivity index (χ4n) is 4.09. The molecule has 0 amide bonds. The van der Waals surface area contributed by atoms with E-state index in [9.17, 15) is 4.79 Å². The molecule has 2 heterocycles. The Bertz CT molecular complexity index is 1180. The molecule has 156 valence electrons. The number of fused-ring (bicyclic) bond motifs is 1. The molecule has 1 aliphatic rings. The van der Waals surface area contributed by atoms with Gasteiger partial charge in [0.1, 0.15) is 5.82 Å². The minimum absolute atomic E-state index is 0.135. The SMILES string of the molecule is CCCc1nc2ccc(Br)cc2c(=O)n1N=Cc1ccc(N2CCCC2)c(C)c1C. The first-order chi connectivity index (χ1) is 14.5. The summed E-state index contributed by atoms with van der Waals surface area (Å²) in [4.78, 5) is 20.3. The fraction of sp³-hybridized carbons (Fsp3) is 0.375. The van der Waals surface area contributed by atoms with Gasteiger partial charge in [-0.15, -0.1) is 0 Å². The molecular formula is C24H27BrN4O. The summed E-state index contributed by atoms with van der Waals surface area (Å²) in [7, 11) is 0. The van der Waals surface area contributed by atoms with Gasteiger partial charge in [0.05, 0.1) is 17.1 Å². The summed E-state index contributed by atoms with van der Waals surface area (Å²) in [5.74, 6) is 0.691. The maximum Gasteiger partial charge on any atom is 0.282 e. The van der Waals surface area contributed by atoms with Crippen molar-refractivity contribution in [2.24, 2.45) is 5.10 Å². The number of nitrogens with zero attached hydrogens (tertiary/aromatic N) is 4. The molecule has 1 aromatic heterocycles. The van der Waals surface area contributed by atoms with Crippen LogP contribution in [-0.4, -0.2) is 29.0 Å². The third-order valence-corrected chi connectivity index (χ3v) is 6.40. The first-order valence-corrected chi connectivity index (χ1v) is 11.4. The van der Waals surface area contributed by atoms with Gasteiger partial charge in [-0.25, -0.2) is 4.98 Å². The summed E-state index contributed by atoms with van der Waals surface area (Å²) >= 11 is 3.45. The van der Waals surface area contributed by atoms with Crippen LogP contribution in [0.4, 0.5) is 5.69 Å². The normalized spacial score (nSPS) is 14.3. The van der Waals surface area contributed by atoms with Crippen molar-refractivity contribution in [1.29, 1.82) is 0 Å². The molecule has 0 saturated carbocycles. The van der Waals surface area contributed by atoms with Gasteiger partial charge in [0.15, 0.2) is 0 Å². The van der Waals surface area contributed by atoms with E-state index in [0.29, 0.717) is 23.1 Å². The number of rotatable bonds is 5. The lowest BCUT2D eigenvalue weighted by molar-refractivity contribution is 0.703. The minimum atomic E-state index is -0.135. The number of halogens is 1. The monoisotopic (exact) mass is 466 g/mol. The molecule has 3 aromatic rings. The van der Waals surface area contributed by atoms with Crippen molar-refractivity contribution in [3.8, 4) is 0 Å². The molecule has 0 N–H and O–H groups in total. The highest BCUT2D eigenvalue weighted by atomic mass is 79.9. The minimum Gasteiger partial charge on any atom is -0.371 e. The van der Waals surface area contributed by atoms with Crippen molar-refractivity contribution in [3.63, 3.8) is 0 Å². The lowest BCUT2D eigenvalue weighted by Crippen LogP contribution is -2.22. The number of aryl methyl sites for hydroxylation is 1. The standard InChI is InChI=1S/C24H27BrN4O/c1-4-7-23-27-21-10-9-19(25)14-20(21)24(30)29(23)26-15-18-8-11-22(17(3)16(18)2)28-12-5-6-13-28/h8-11,14-15H,4-7,12-13H2,1-3H3. The van der Waals surface area contributed by atoms with Crippen LogP contribution < -0.4 is 10.5 Å². The van der Waals surface area contributed by atoms with Crippen LogP contribution in [0.15, 0.2) is 44.7 Å². The summed E-state index contributed by atoms with van der Waals surface area (Å²) in [6.45, 7) is 8.63. The summed E-state index contributed by atoms with van der Waals surface area (Å²) in [5, 5.41) is 5.16. The van der Waals surface area contributed by atoms with Crippen molar-refractivity contribution in [2.75, 3.05) is 18.0 Å². The molecule has 4 rings (SSSR count). The number of benzene rings is 2. The molecule has 30 heavy (non-hydrogen) atoms. The maximum atomic E-state index is 13.2. The highest BCUT2D eigenvalue weighted by Crippen LogP contribution is 2.28. The van der Waals surface area contributed by atoms with E-state index in [-0.39, 0.29) is 5.56 Å². The first kappa shape index (κ1) is 20.8. The molecule has 0 bridgehead atoms. The molecule has 1 fully saturated rings. The van der Waals surface area contributed by atoms with Crippen LogP contribution in [-0.2, 0) is 6.42 Å². The Balaban J connectivity index is 1.76. The highest BCUT2D eigenvalue weighted by Gasteiger charge is 2.16. The molecule has 5 nitrogen and oxygen atoms in total. The quantitative estimate of drug-likeness (QED) is 0.484. The summed E-state index contributed by atoms with van der Waals surface area (Å²) in [5.41, 5.74) is 5.39. The summed E-state index contributed by atoms with van der Waals surface area (Å²) < 4.78 is 2.32. The number of hydrogen-bond acceptors (Lipinski definition) is 4. The molecule has 1 saturated heterocycles. The number of hydrogen-bond donors (Lipinski definition) is 0.